The van der Waals surface area contributed by atoms with Gasteiger partial charge in [0, 0.05) is 28.9 Å². The summed E-state index contributed by atoms with van der Waals surface area (Å²) < 4.78 is 2.28. The van der Waals surface area contributed by atoms with Gasteiger partial charge in [0.2, 0.25) is 0 Å². The SMILES string of the molecule is Cc1c(C2CC2)n(-c2ccccc2)c(-c2ccccc2)cc1=O. The fraction of sp³-hybridized carbons (Fsp3) is 0.190. The summed E-state index contributed by atoms with van der Waals surface area (Å²) in [6.45, 7) is 1.96. The molecule has 1 heterocycles. The third kappa shape index (κ3) is 2.50. The van der Waals surface area contributed by atoms with Crippen LogP contribution in [0.2, 0.25) is 0 Å². The van der Waals surface area contributed by atoms with Gasteiger partial charge in [0.1, 0.15) is 0 Å². The van der Waals surface area contributed by atoms with Crippen molar-refractivity contribution in [1.82, 2.24) is 4.57 Å². The van der Waals surface area contributed by atoms with Crippen LogP contribution in [0.15, 0.2) is 71.5 Å². The van der Waals surface area contributed by atoms with Crippen molar-refractivity contribution in [2.75, 3.05) is 0 Å². The molecule has 2 heteroatoms. The Bertz CT molecular complexity index is 890. The van der Waals surface area contributed by atoms with Gasteiger partial charge < -0.3 is 4.57 Å². The molecule has 23 heavy (non-hydrogen) atoms. The molecule has 114 valence electrons. The number of hydrogen-bond donors (Lipinski definition) is 0. The molecule has 0 amide bonds. The van der Waals surface area contributed by atoms with Crippen LogP contribution in [0, 0.1) is 6.92 Å². The van der Waals surface area contributed by atoms with E-state index in [0.29, 0.717) is 5.92 Å². The molecule has 3 aromatic rings. The molecule has 0 spiro atoms. The smallest absolute Gasteiger partial charge is 0.185 e. The minimum absolute atomic E-state index is 0.137. The molecule has 1 aliphatic carbocycles. The fourth-order valence-electron chi connectivity index (χ4n) is 3.24. The first-order valence-electron chi connectivity index (χ1n) is 8.13. The largest absolute Gasteiger partial charge is 0.313 e. The Balaban J connectivity index is 2.08. The lowest BCUT2D eigenvalue weighted by atomic mass is 10.0. The van der Waals surface area contributed by atoms with Gasteiger partial charge in [0.15, 0.2) is 5.43 Å². The van der Waals surface area contributed by atoms with Crippen molar-refractivity contribution in [2.45, 2.75) is 25.7 Å². The summed E-state index contributed by atoms with van der Waals surface area (Å²) >= 11 is 0. The van der Waals surface area contributed by atoms with Gasteiger partial charge in [-0.2, -0.15) is 0 Å². The number of rotatable bonds is 3. The predicted molar refractivity (Wildman–Crippen MR) is 94.2 cm³/mol. The van der Waals surface area contributed by atoms with Crippen LogP contribution in [0.25, 0.3) is 16.9 Å². The van der Waals surface area contributed by atoms with E-state index in [4.69, 9.17) is 0 Å². The van der Waals surface area contributed by atoms with Gasteiger partial charge >= 0.3 is 0 Å². The first-order chi connectivity index (χ1) is 11.3. The van der Waals surface area contributed by atoms with Crippen molar-refractivity contribution in [1.29, 1.82) is 0 Å². The van der Waals surface area contributed by atoms with Gasteiger partial charge in [-0.3, -0.25) is 4.79 Å². The Morgan fingerprint density at radius 3 is 2.13 bits per heavy atom. The van der Waals surface area contributed by atoms with E-state index in [2.05, 4.69) is 28.8 Å². The highest BCUT2D eigenvalue weighted by Crippen LogP contribution is 2.43. The Labute approximate surface area is 136 Å². The van der Waals surface area contributed by atoms with Crippen molar-refractivity contribution in [3.05, 3.63) is 88.2 Å². The minimum atomic E-state index is 0.137. The first-order valence-corrected chi connectivity index (χ1v) is 8.13. The normalized spacial score (nSPS) is 14.0. The molecule has 1 fully saturated rings. The Kier molecular flexibility index (Phi) is 3.38. The molecule has 1 aliphatic rings. The number of nitrogens with zero attached hydrogens (tertiary/aromatic N) is 1. The van der Waals surface area contributed by atoms with Crippen LogP contribution >= 0.6 is 0 Å². The number of pyridine rings is 1. The average Bonchev–Trinajstić information content (AvgIpc) is 3.43. The second-order valence-electron chi connectivity index (χ2n) is 6.22. The molecule has 0 bridgehead atoms. The van der Waals surface area contributed by atoms with Gasteiger partial charge in [-0.15, -0.1) is 0 Å². The summed E-state index contributed by atoms with van der Waals surface area (Å²) in [7, 11) is 0. The molecule has 0 unspecified atom stereocenters. The number of aromatic nitrogens is 1. The molecular weight excluding hydrogens is 282 g/mol. The van der Waals surface area contributed by atoms with Crippen LogP contribution in [0.1, 0.15) is 30.0 Å². The molecular formula is C21H19NO. The lowest BCUT2D eigenvalue weighted by Crippen LogP contribution is -2.17. The van der Waals surface area contributed by atoms with E-state index in [9.17, 15) is 4.79 Å². The van der Waals surface area contributed by atoms with Crippen LogP contribution in [-0.4, -0.2) is 4.57 Å². The van der Waals surface area contributed by atoms with E-state index < -0.39 is 0 Å². The molecule has 2 aromatic carbocycles. The molecule has 0 radical (unpaired) electrons. The van der Waals surface area contributed by atoms with E-state index in [0.717, 1.165) is 22.5 Å². The second kappa shape index (κ2) is 5.54. The van der Waals surface area contributed by atoms with E-state index in [-0.39, 0.29) is 5.43 Å². The van der Waals surface area contributed by atoms with E-state index in [1.807, 2.05) is 43.3 Å². The van der Waals surface area contributed by atoms with Crippen LogP contribution < -0.4 is 5.43 Å². The zero-order chi connectivity index (χ0) is 15.8. The van der Waals surface area contributed by atoms with E-state index in [1.165, 1.54) is 18.5 Å². The average molecular weight is 301 g/mol. The van der Waals surface area contributed by atoms with E-state index in [1.54, 1.807) is 6.07 Å². The van der Waals surface area contributed by atoms with Crippen molar-refractivity contribution >= 4 is 0 Å². The van der Waals surface area contributed by atoms with Crippen LogP contribution in [0.5, 0.6) is 0 Å². The van der Waals surface area contributed by atoms with Gasteiger partial charge in [0.25, 0.3) is 0 Å². The highest BCUT2D eigenvalue weighted by molar-refractivity contribution is 5.64. The monoisotopic (exact) mass is 301 g/mol. The summed E-state index contributed by atoms with van der Waals surface area (Å²) in [5.74, 6) is 0.506. The van der Waals surface area contributed by atoms with Crippen LogP contribution in [0.3, 0.4) is 0 Å². The molecule has 4 rings (SSSR count). The first kappa shape index (κ1) is 14.0. The van der Waals surface area contributed by atoms with Gasteiger partial charge in [-0.1, -0.05) is 48.5 Å². The maximum Gasteiger partial charge on any atom is 0.185 e. The molecule has 1 saturated carbocycles. The molecule has 2 nitrogen and oxygen atoms in total. The zero-order valence-corrected chi connectivity index (χ0v) is 13.2. The Morgan fingerprint density at radius 1 is 0.913 bits per heavy atom. The number of benzene rings is 2. The summed E-state index contributed by atoms with van der Waals surface area (Å²) in [6.07, 6.45) is 2.34. The van der Waals surface area contributed by atoms with E-state index >= 15 is 0 Å². The highest BCUT2D eigenvalue weighted by atomic mass is 16.1. The summed E-state index contributed by atoms with van der Waals surface area (Å²) in [5.41, 5.74) is 5.39. The molecule has 0 atom stereocenters. The lowest BCUT2D eigenvalue weighted by molar-refractivity contribution is 0.882. The van der Waals surface area contributed by atoms with Crippen molar-refractivity contribution in [2.24, 2.45) is 0 Å². The van der Waals surface area contributed by atoms with Gasteiger partial charge in [-0.25, -0.2) is 0 Å². The van der Waals surface area contributed by atoms with Gasteiger partial charge in [-0.05, 0) is 37.5 Å². The zero-order valence-electron chi connectivity index (χ0n) is 13.2. The maximum atomic E-state index is 12.5. The van der Waals surface area contributed by atoms with Crippen LogP contribution in [-0.2, 0) is 0 Å². The quantitative estimate of drug-likeness (QED) is 0.688. The third-order valence-corrected chi connectivity index (χ3v) is 4.55. The number of hydrogen-bond acceptors (Lipinski definition) is 1. The van der Waals surface area contributed by atoms with Crippen molar-refractivity contribution < 1.29 is 0 Å². The molecule has 0 N–H and O–H groups in total. The summed E-state index contributed by atoms with van der Waals surface area (Å²) in [6, 6.07) is 22.3. The lowest BCUT2D eigenvalue weighted by Gasteiger charge is -2.21. The Hall–Kier alpha value is -2.61. The Morgan fingerprint density at radius 2 is 1.52 bits per heavy atom. The highest BCUT2D eigenvalue weighted by Gasteiger charge is 2.30. The third-order valence-electron chi connectivity index (χ3n) is 4.55. The van der Waals surface area contributed by atoms with Crippen molar-refractivity contribution in [3.8, 4) is 16.9 Å². The van der Waals surface area contributed by atoms with Crippen molar-refractivity contribution in [3.63, 3.8) is 0 Å². The minimum Gasteiger partial charge on any atom is -0.313 e. The summed E-state index contributed by atoms with van der Waals surface area (Å²) in [4.78, 5) is 12.5. The maximum absolute atomic E-state index is 12.5. The molecule has 0 saturated heterocycles. The second-order valence-corrected chi connectivity index (χ2v) is 6.22. The standard InChI is InChI=1S/C21H19NO/c1-15-20(23)14-19(16-8-4-2-5-9-16)22(21(15)17-12-13-17)18-10-6-3-7-11-18/h2-11,14,17H,12-13H2,1H3. The predicted octanol–water partition coefficient (Wildman–Crippen LogP) is 4.69. The molecule has 0 aliphatic heterocycles. The number of para-hydroxylation sites is 1. The summed E-state index contributed by atoms with van der Waals surface area (Å²) in [5, 5.41) is 0. The molecule has 1 aromatic heterocycles. The van der Waals surface area contributed by atoms with Crippen LogP contribution in [0.4, 0.5) is 0 Å². The van der Waals surface area contributed by atoms with Gasteiger partial charge in [0.05, 0.1) is 5.69 Å². The fourth-order valence-corrected chi connectivity index (χ4v) is 3.24. The topological polar surface area (TPSA) is 22.0 Å².